The predicted octanol–water partition coefficient (Wildman–Crippen LogP) is 2.98. The monoisotopic (exact) mass is 209 g/mol. The zero-order valence-corrected chi connectivity index (χ0v) is 9.04. The minimum Gasteiger partial charge on any atom is -0.481 e. The van der Waals surface area contributed by atoms with Crippen LogP contribution in [0.4, 0.5) is 0 Å². The maximum atomic E-state index is 10.2. The quantitative estimate of drug-likeness (QED) is 0.647. The molecule has 0 fully saturated rings. The number of hydrogen-bond acceptors (Lipinski definition) is 1. The van der Waals surface area contributed by atoms with Gasteiger partial charge in [0.25, 0.3) is 0 Å². The molecule has 0 radical (unpaired) electrons. The van der Waals surface area contributed by atoms with E-state index in [2.05, 4.69) is 11.1 Å². The number of nitrogens with one attached hydrogen (secondary N) is 1. The van der Waals surface area contributed by atoms with Gasteiger partial charge in [0, 0.05) is 18.8 Å². The maximum absolute atomic E-state index is 10.2. The molecule has 3 heteroatoms. The number of aryl methyl sites for hydroxylation is 1. The third-order valence-corrected chi connectivity index (χ3v) is 2.52. The molecule has 0 atom stereocenters. The highest BCUT2D eigenvalue weighted by Gasteiger charge is 1.97. The van der Waals surface area contributed by atoms with Crippen molar-refractivity contribution in [1.29, 1.82) is 0 Å². The Balaban J connectivity index is 1.87. The fourth-order valence-corrected chi connectivity index (χ4v) is 1.65. The minimum atomic E-state index is -0.678. The second-order valence-electron chi connectivity index (χ2n) is 3.88. The number of aliphatic carboxylic acids is 1. The molecule has 0 bridgehead atoms. The van der Waals surface area contributed by atoms with E-state index in [1.807, 2.05) is 12.4 Å². The number of rotatable bonds is 8. The van der Waals surface area contributed by atoms with Crippen LogP contribution in [-0.4, -0.2) is 16.1 Å². The van der Waals surface area contributed by atoms with Crippen LogP contribution in [0, 0.1) is 0 Å². The van der Waals surface area contributed by atoms with Gasteiger partial charge in [-0.3, -0.25) is 4.79 Å². The van der Waals surface area contributed by atoms with E-state index in [1.54, 1.807) is 0 Å². The molecule has 0 saturated heterocycles. The van der Waals surface area contributed by atoms with Crippen LogP contribution in [-0.2, 0) is 11.2 Å². The molecule has 0 aliphatic carbocycles. The summed E-state index contributed by atoms with van der Waals surface area (Å²) in [6, 6.07) is 2.10. The number of carbonyl (C=O) groups is 1. The van der Waals surface area contributed by atoms with Crippen molar-refractivity contribution >= 4 is 5.97 Å². The van der Waals surface area contributed by atoms with Gasteiger partial charge in [-0.15, -0.1) is 0 Å². The summed E-state index contributed by atoms with van der Waals surface area (Å²) in [6.45, 7) is 0. The normalized spacial score (nSPS) is 10.4. The molecule has 2 N–H and O–H groups in total. The first kappa shape index (κ1) is 11.8. The lowest BCUT2D eigenvalue weighted by molar-refractivity contribution is -0.137. The highest BCUT2D eigenvalue weighted by atomic mass is 16.4. The van der Waals surface area contributed by atoms with E-state index in [9.17, 15) is 4.79 Å². The Bertz CT molecular complexity index is 267. The molecule has 0 unspecified atom stereocenters. The van der Waals surface area contributed by atoms with E-state index in [0.29, 0.717) is 6.42 Å². The number of aromatic amines is 1. The van der Waals surface area contributed by atoms with Crippen molar-refractivity contribution < 1.29 is 9.90 Å². The topological polar surface area (TPSA) is 53.1 Å². The molecule has 0 spiro atoms. The summed E-state index contributed by atoms with van der Waals surface area (Å²) in [7, 11) is 0. The summed E-state index contributed by atoms with van der Waals surface area (Å²) < 4.78 is 0. The summed E-state index contributed by atoms with van der Waals surface area (Å²) in [6.07, 6.45) is 10.8. The van der Waals surface area contributed by atoms with Crippen molar-refractivity contribution in [3.05, 3.63) is 24.0 Å². The second kappa shape index (κ2) is 7.10. The highest BCUT2D eigenvalue weighted by molar-refractivity contribution is 5.66. The van der Waals surface area contributed by atoms with E-state index >= 15 is 0 Å². The zero-order valence-electron chi connectivity index (χ0n) is 9.04. The molecule has 15 heavy (non-hydrogen) atoms. The molecule has 0 aliphatic heterocycles. The molecule has 84 valence electrons. The fourth-order valence-electron chi connectivity index (χ4n) is 1.65. The van der Waals surface area contributed by atoms with Gasteiger partial charge >= 0.3 is 5.97 Å². The summed E-state index contributed by atoms with van der Waals surface area (Å²) in [5, 5.41) is 8.44. The van der Waals surface area contributed by atoms with Crippen LogP contribution in [0.25, 0.3) is 0 Å². The molecule has 0 aliphatic rings. The second-order valence-corrected chi connectivity index (χ2v) is 3.88. The number of carboxylic acid groups (broad SMARTS) is 1. The van der Waals surface area contributed by atoms with E-state index < -0.39 is 5.97 Å². The largest absolute Gasteiger partial charge is 0.481 e. The maximum Gasteiger partial charge on any atom is 0.303 e. The van der Waals surface area contributed by atoms with Crippen molar-refractivity contribution in [3.63, 3.8) is 0 Å². The van der Waals surface area contributed by atoms with Crippen LogP contribution in [0.1, 0.15) is 44.1 Å². The van der Waals surface area contributed by atoms with Gasteiger partial charge in [0.2, 0.25) is 0 Å². The molecule has 1 aromatic rings. The lowest BCUT2D eigenvalue weighted by atomic mass is 10.1. The molecule has 1 rings (SSSR count). The number of hydrogen-bond donors (Lipinski definition) is 2. The highest BCUT2D eigenvalue weighted by Crippen LogP contribution is 2.09. The van der Waals surface area contributed by atoms with Gasteiger partial charge in [-0.2, -0.15) is 0 Å². The third kappa shape index (κ3) is 5.94. The molecular formula is C12H19NO2. The molecule has 3 nitrogen and oxygen atoms in total. The Hall–Kier alpha value is -1.25. The van der Waals surface area contributed by atoms with Gasteiger partial charge in [-0.25, -0.2) is 0 Å². The van der Waals surface area contributed by atoms with Gasteiger partial charge in [0.05, 0.1) is 0 Å². The summed E-state index contributed by atoms with van der Waals surface area (Å²) in [4.78, 5) is 13.3. The Morgan fingerprint density at radius 3 is 2.60 bits per heavy atom. The molecule has 0 saturated carbocycles. The Morgan fingerprint density at radius 2 is 1.93 bits per heavy atom. The first-order valence-corrected chi connectivity index (χ1v) is 5.62. The van der Waals surface area contributed by atoms with E-state index in [4.69, 9.17) is 5.11 Å². The van der Waals surface area contributed by atoms with Crippen molar-refractivity contribution in [2.75, 3.05) is 0 Å². The summed E-state index contributed by atoms with van der Waals surface area (Å²) in [5.74, 6) is -0.678. The Kier molecular flexibility index (Phi) is 5.59. The predicted molar refractivity (Wildman–Crippen MR) is 59.8 cm³/mol. The van der Waals surface area contributed by atoms with E-state index in [1.165, 1.54) is 18.4 Å². The van der Waals surface area contributed by atoms with Crippen LogP contribution >= 0.6 is 0 Å². The van der Waals surface area contributed by atoms with Crippen LogP contribution in [0.2, 0.25) is 0 Å². The van der Waals surface area contributed by atoms with Gasteiger partial charge in [0.1, 0.15) is 0 Å². The van der Waals surface area contributed by atoms with Crippen molar-refractivity contribution in [3.8, 4) is 0 Å². The van der Waals surface area contributed by atoms with Crippen molar-refractivity contribution in [1.82, 2.24) is 4.98 Å². The first-order valence-electron chi connectivity index (χ1n) is 5.62. The Morgan fingerprint density at radius 1 is 1.20 bits per heavy atom. The lowest BCUT2D eigenvalue weighted by Crippen LogP contribution is -1.93. The van der Waals surface area contributed by atoms with Crippen LogP contribution in [0.15, 0.2) is 18.5 Å². The first-order chi connectivity index (χ1) is 7.29. The number of H-pyrrole nitrogens is 1. The van der Waals surface area contributed by atoms with Gasteiger partial charge < -0.3 is 10.1 Å². The summed E-state index contributed by atoms with van der Waals surface area (Å²) >= 11 is 0. The number of aromatic nitrogens is 1. The van der Waals surface area contributed by atoms with Crippen molar-refractivity contribution in [2.24, 2.45) is 0 Å². The standard InChI is InChI=1S/C12H19NO2/c14-12(15)7-5-3-1-2-4-6-11-8-9-13-10-11/h8-10,13H,1-7H2,(H,14,15). The van der Waals surface area contributed by atoms with Crippen LogP contribution in [0.5, 0.6) is 0 Å². The van der Waals surface area contributed by atoms with Crippen molar-refractivity contribution in [2.45, 2.75) is 44.9 Å². The third-order valence-electron chi connectivity index (χ3n) is 2.52. The molecule has 0 aromatic carbocycles. The molecular weight excluding hydrogens is 190 g/mol. The van der Waals surface area contributed by atoms with Crippen LogP contribution < -0.4 is 0 Å². The Labute approximate surface area is 90.5 Å². The zero-order chi connectivity index (χ0) is 10.9. The molecule has 0 amide bonds. The average molecular weight is 209 g/mol. The lowest BCUT2D eigenvalue weighted by Gasteiger charge is -1.99. The van der Waals surface area contributed by atoms with E-state index in [-0.39, 0.29) is 0 Å². The van der Waals surface area contributed by atoms with E-state index in [0.717, 1.165) is 25.7 Å². The SMILES string of the molecule is O=C(O)CCCCCCCc1cc[nH]c1. The smallest absolute Gasteiger partial charge is 0.303 e. The number of unbranched alkanes of at least 4 members (excludes halogenated alkanes) is 4. The van der Waals surface area contributed by atoms with Gasteiger partial charge in [-0.1, -0.05) is 19.3 Å². The molecule has 1 heterocycles. The van der Waals surface area contributed by atoms with Crippen LogP contribution in [0.3, 0.4) is 0 Å². The molecule has 1 aromatic heterocycles. The summed E-state index contributed by atoms with van der Waals surface area (Å²) in [5.41, 5.74) is 1.36. The van der Waals surface area contributed by atoms with Gasteiger partial charge in [-0.05, 0) is 30.9 Å². The average Bonchev–Trinajstić information content (AvgIpc) is 2.68. The minimum absolute atomic E-state index is 0.317. The van der Waals surface area contributed by atoms with Gasteiger partial charge in [0.15, 0.2) is 0 Å². The number of carboxylic acids is 1. The fraction of sp³-hybridized carbons (Fsp3) is 0.583.